The molecule has 0 bridgehead atoms. The molecular weight excluding hydrogens is 305 g/mol. The van der Waals surface area contributed by atoms with Gasteiger partial charge in [-0.1, -0.05) is 0 Å². The predicted octanol–water partition coefficient (Wildman–Crippen LogP) is 2.70. The first-order valence-corrected chi connectivity index (χ1v) is 7.72. The molecule has 2 heterocycles. The van der Waals surface area contributed by atoms with Gasteiger partial charge in [0.05, 0.1) is 16.2 Å². The second kappa shape index (κ2) is 5.24. The summed E-state index contributed by atoms with van der Waals surface area (Å²) in [5.74, 6) is -1.58. The van der Waals surface area contributed by atoms with E-state index in [1.165, 1.54) is 11.3 Å². The van der Waals surface area contributed by atoms with Crippen LogP contribution >= 0.6 is 11.3 Å². The van der Waals surface area contributed by atoms with Crippen molar-refractivity contribution in [1.82, 2.24) is 10.3 Å². The lowest BCUT2D eigenvalue weighted by atomic mass is 10.0. The SMILES string of the molecule is O=C(NC1(c2csc(C3CCOCC3)n2)CC1)C(F)(F)F. The molecule has 1 aromatic rings. The summed E-state index contributed by atoms with van der Waals surface area (Å²) in [4.78, 5) is 15.6. The van der Waals surface area contributed by atoms with E-state index in [0.29, 0.717) is 37.7 Å². The molecule has 116 valence electrons. The average molecular weight is 320 g/mol. The third-order valence-corrected chi connectivity index (χ3v) is 4.95. The fraction of sp³-hybridized carbons (Fsp3) is 0.692. The lowest BCUT2D eigenvalue weighted by Gasteiger charge is -2.20. The van der Waals surface area contributed by atoms with Crippen LogP contribution in [0.5, 0.6) is 0 Å². The Morgan fingerprint density at radius 2 is 2.05 bits per heavy atom. The summed E-state index contributed by atoms with van der Waals surface area (Å²) in [5.41, 5.74) is -0.349. The molecule has 1 saturated heterocycles. The summed E-state index contributed by atoms with van der Waals surface area (Å²) in [6.07, 6.45) is -2.07. The van der Waals surface area contributed by atoms with Crippen LogP contribution in [0, 0.1) is 0 Å². The van der Waals surface area contributed by atoms with Crippen molar-refractivity contribution in [1.29, 1.82) is 0 Å². The van der Waals surface area contributed by atoms with Gasteiger partial charge >= 0.3 is 12.1 Å². The van der Waals surface area contributed by atoms with Gasteiger partial charge in [-0.25, -0.2) is 4.98 Å². The minimum atomic E-state index is -4.85. The number of ether oxygens (including phenoxy) is 1. The van der Waals surface area contributed by atoms with Gasteiger partial charge < -0.3 is 10.1 Å². The third-order valence-electron chi connectivity index (χ3n) is 3.94. The molecule has 0 aromatic carbocycles. The number of carbonyl (C=O) groups excluding carboxylic acids is 1. The molecule has 2 aliphatic rings. The number of rotatable bonds is 3. The van der Waals surface area contributed by atoms with E-state index in [0.717, 1.165) is 17.8 Å². The molecule has 1 aromatic heterocycles. The Kier molecular flexibility index (Phi) is 3.69. The molecule has 0 atom stereocenters. The number of thiazole rings is 1. The van der Waals surface area contributed by atoms with E-state index in [1.54, 1.807) is 5.38 Å². The Morgan fingerprint density at radius 3 is 2.62 bits per heavy atom. The minimum Gasteiger partial charge on any atom is -0.381 e. The number of amides is 1. The highest BCUT2D eigenvalue weighted by atomic mass is 32.1. The maximum atomic E-state index is 12.4. The van der Waals surface area contributed by atoms with Gasteiger partial charge in [0.15, 0.2) is 0 Å². The topological polar surface area (TPSA) is 51.2 Å². The molecule has 0 radical (unpaired) electrons. The summed E-state index contributed by atoms with van der Waals surface area (Å²) >= 11 is 1.46. The van der Waals surface area contributed by atoms with Crippen molar-refractivity contribution in [2.75, 3.05) is 13.2 Å². The van der Waals surface area contributed by atoms with Gasteiger partial charge in [0.1, 0.15) is 0 Å². The van der Waals surface area contributed by atoms with Crippen LogP contribution in [0.1, 0.15) is 42.3 Å². The number of halogens is 3. The van der Waals surface area contributed by atoms with E-state index in [2.05, 4.69) is 10.3 Å². The molecule has 0 spiro atoms. The van der Waals surface area contributed by atoms with Crippen LogP contribution in [0.25, 0.3) is 0 Å². The van der Waals surface area contributed by atoms with Crippen molar-refractivity contribution >= 4 is 17.2 Å². The first-order valence-electron chi connectivity index (χ1n) is 6.84. The van der Waals surface area contributed by atoms with E-state index in [9.17, 15) is 18.0 Å². The van der Waals surface area contributed by atoms with Crippen LogP contribution in [-0.4, -0.2) is 30.3 Å². The van der Waals surface area contributed by atoms with E-state index in [1.807, 2.05) is 0 Å². The number of hydrogen-bond acceptors (Lipinski definition) is 4. The zero-order valence-corrected chi connectivity index (χ0v) is 12.0. The fourth-order valence-electron chi connectivity index (χ4n) is 2.50. The summed E-state index contributed by atoms with van der Waals surface area (Å²) in [5, 5.41) is 4.80. The maximum absolute atomic E-state index is 12.4. The van der Waals surface area contributed by atoms with E-state index in [-0.39, 0.29) is 0 Å². The van der Waals surface area contributed by atoms with E-state index in [4.69, 9.17) is 4.74 Å². The minimum absolute atomic E-state index is 0.312. The molecule has 1 aliphatic carbocycles. The van der Waals surface area contributed by atoms with Gasteiger partial charge in [-0.15, -0.1) is 11.3 Å². The Bertz CT molecular complexity index is 534. The molecule has 21 heavy (non-hydrogen) atoms. The zero-order valence-electron chi connectivity index (χ0n) is 11.2. The highest BCUT2D eigenvalue weighted by Crippen LogP contribution is 2.47. The number of nitrogens with zero attached hydrogens (tertiary/aromatic N) is 1. The summed E-state index contributed by atoms with van der Waals surface area (Å²) in [7, 11) is 0. The van der Waals surface area contributed by atoms with Gasteiger partial charge in [0.25, 0.3) is 0 Å². The largest absolute Gasteiger partial charge is 0.471 e. The smallest absolute Gasteiger partial charge is 0.381 e. The molecule has 0 unspecified atom stereocenters. The predicted molar refractivity (Wildman–Crippen MR) is 70.0 cm³/mol. The Hall–Kier alpha value is -1.15. The van der Waals surface area contributed by atoms with Crippen molar-refractivity contribution in [2.45, 2.75) is 43.3 Å². The molecule has 4 nitrogen and oxygen atoms in total. The molecule has 1 amide bonds. The van der Waals surface area contributed by atoms with Gasteiger partial charge in [0, 0.05) is 24.5 Å². The monoisotopic (exact) mass is 320 g/mol. The van der Waals surface area contributed by atoms with Crippen LogP contribution in [0.3, 0.4) is 0 Å². The lowest BCUT2D eigenvalue weighted by molar-refractivity contribution is -0.174. The van der Waals surface area contributed by atoms with E-state index >= 15 is 0 Å². The summed E-state index contributed by atoms with van der Waals surface area (Å²) in [6, 6.07) is 0. The van der Waals surface area contributed by atoms with Crippen LogP contribution in [0.2, 0.25) is 0 Å². The van der Waals surface area contributed by atoms with Crippen molar-refractivity contribution in [3.05, 3.63) is 16.1 Å². The zero-order chi connectivity index (χ0) is 15.1. The van der Waals surface area contributed by atoms with Crippen LogP contribution in [0.15, 0.2) is 5.38 Å². The second-order valence-corrected chi connectivity index (χ2v) is 6.38. The third kappa shape index (κ3) is 3.06. The van der Waals surface area contributed by atoms with Gasteiger partial charge in [0.2, 0.25) is 0 Å². The highest BCUT2D eigenvalue weighted by molar-refractivity contribution is 7.09. The number of aromatic nitrogens is 1. The molecule has 8 heteroatoms. The number of hydrogen-bond donors (Lipinski definition) is 1. The fourth-order valence-corrected chi connectivity index (χ4v) is 3.59. The van der Waals surface area contributed by atoms with Crippen molar-refractivity contribution < 1.29 is 22.7 Å². The summed E-state index contributed by atoms with van der Waals surface area (Å²) < 4.78 is 42.4. The number of alkyl halides is 3. The molecule has 1 saturated carbocycles. The quantitative estimate of drug-likeness (QED) is 0.931. The van der Waals surface area contributed by atoms with Crippen molar-refractivity contribution in [3.63, 3.8) is 0 Å². The molecular formula is C13H15F3N2O2S. The highest BCUT2D eigenvalue weighted by Gasteiger charge is 2.52. The van der Waals surface area contributed by atoms with Crippen molar-refractivity contribution in [2.24, 2.45) is 0 Å². The normalized spacial score (nSPS) is 22.0. The first-order chi connectivity index (χ1) is 9.91. The molecule has 3 rings (SSSR count). The second-order valence-electron chi connectivity index (χ2n) is 5.49. The lowest BCUT2D eigenvalue weighted by Crippen LogP contribution is -2.43. The van der Waals surface area contributed by atoms with Gasteiger partial charge in [-0.2, -0.15) is 13.2 Å². The van der Waals surface area contributed by atoms with Gasteiger partial charge in [-0.3, -0.25) is 4.79 Å². The number of nitrogens with one attached hydrogen (secondary N) is 1. The molecule has 2 fully saturated rings. The van der Waals surface area contributed by atoms with Crippen LogP contribution in [-0.2, 0) is 15.1 Å². The first kappa shape index (κ1) is 14.8. The average Bonchev–Trinajstić information content (AvgIpc) is 3.05. The van der Waals surface area contributed by atoms with Crippen molar-refractivity contribution in [3.8, 4) is 0 Å². The van der Waals surface area contributed by atoms with Gasteiger partial charge in [-0.05, 0) is 25.7 Å². The number of carbonyl (C=O) groups is 1. The van der Waals surface area contributed by atoms with E-state index < -0.39 is 17.6 Å². The Labute approximate surface area is 123 Å². The maximum Gasteiger partial charge on any atom is 0.471 e. The summed E-state index contributed by atoms with van der Waals surface area (Å²) in [6.45, 7) is 1.38. The van der Waals surface area contributed by atoms with Crippen LogP contribution < -0.4 is 5.32 Å². The Morgan fingerprint density at radius 1 is 1.38 bits per heavy atom. The molecule has 1 N–H and O–H groups in total. The standard InChI is InChI=1S/C13H15F3N2O2S/c14-13(15,16)11(19)18-12(3-4-12)9-7-21-10(17-9)8-1-5-20-6-2-8/h7-8H,1-6H2,(H,18,19). The molecule has 1 aliphatic heterocycles. The Balaban J connectivity index is 1.72. The van der Waals surface area contributed by atoms with Crippen LogP contribution in [0.4, 0.5) is 13.2 Å².